The molecule has 2 aromatic carbocycles. The van der Waals surface area contributed by atoms with Gasteiger partial charge in [-0.1, -0.05) is 36.8 Å². The third-order valence-electron chi connectivity index (χ3n) is 5.27. The van der Waals surface area contributed by atoms with E-state index in [4.69, 9.17) is 0 Å². The van der Waals surface area contributed by atoms with Crippen LogP contribution in [0.2, 0.25) is 0 Å². The molecule has 1 aliphatic heterocycles. The average Bonchev–Trinajstić information content (AvgIpc) is 2.77. The first kappa shape index (κ1) is 21.3. The quantitative estimate of drug-likeness (QED) is 0.673. The summed E-state index contributed by atoms with van der Waals surface area (Å²) in [6.07, 6.45) is 4.69. The first-order valence-electron chi connectivity index (χ1n) is 10.1. The van der Waals surface area contributed by atoms with Crippen molar-refractivity contribution in [3.8, 4) is 0 Å². The van der Waals surface area contributed by atoms with E-state index < -0.39 is 10.0 Å². The van der Waals surface area contributed by atoms with Gasteiger partial charge in [-0.05, 0) is 63.2 Å². The Hall–Kier alpha value is -2.38. The summed E-state index contributed by atoms with van der Waals surface area (Å²) in [6.45, 7) is 3.82. The van der Waals surface area contributed by atoms with E-state index in [-0.39, 0.29) is 10.8 Å². The van der Waals surface area contributed by atoms with Crippen molar-refractivity contribution in [2.75, 3.05) is 37.5 Å². The molecule has 29 heavy (non-hydrogen) atoms. The number of carbonyl (C=O) groups is 1. The van der Waals surface area contributed by atoms with Gasteiger partial charge in [0.2, 0.25) is 0 Å². The van der Waals surface area contributed by atoms with Crippen LogP contribution in [0.15, 0.2) is 59.5 Å². The predicted molar refractivity (Wildman–Crippen MR) is 116 cm³/mol. The van der Waals surface area contributed by atoms with Crippen LogP contribution in [0.4, 0.5) is 5.69 Å². The molecule has 0 aromatic heterocycles. The molecule has 156 valence electrons. The molecule has 1 N–H and O–H groups in total. The van der Waals surface area contributed by atoms with Crippen molar-refractivity contribution in [1.29, 1.82) is 0 Å². The molecule has 1 amide bonds. The second kappa shape index (κ2) is 9.89. The number of piperidine rings is 1. The highest BCUT2D eigenvalue weighted by atomic mass is 32.2. The fourth-order valence-electron chi connectivity index (χ4n) is 3.60. The zero-order valence-corrected chi connectivity index (χ0v) is 17.7. The van der Waals surface area contributed by atoms with Crippen LogP contribution in [0, 0.1) is 0 Å². The van der Waals surface area contributed by atoms with Crippen LogP contribution in [0.3, 0.4) is 0 Å². The SMILES string of the molecule is CN(c1ccccc1C(=O)NCCCN1CCCCC1)S(=O)(=O)c1ccccc1. The summed E-state index contributed by atoms with van der Waals surface area (Å²) in [5, 5.41) is 2.94. The highest BCUT2D eigenvalue weighted by Crippen LogP contribution is 2.25. The second-order valence-electron chi connectivity index (χ2n) is 7.31. The largest absolute Gasteiger partial charge is 0.352 e. The van der Waals surface area contributed by atoms with E-state index in [1.54, 1.807) is 54.6 Å². The van der Waals surface area contributed by atoms with Crippen molar-refractivity contribution in [1.82, 2.24) is 10.2 Å². The van der Waals surface area contributed by atoms with Crippen LogP contribution in [0.25, 0.3) is 0 Å². The van der Waals surface area contributed by atoms with Crippen molar-refractivity contribution < 1.29 is 13.2 Å². The van der Waals surface area contributed by atoms with Crippen molar-refractivity contribution in [3.05, 3.63) is 60.2 Å². The van der Waals surface area contributed by atoms with Crippen LogP contribution < -0.4 is 9.62 Å². The molecule has 1 fully saturated rings. The Morgan fingerprint density at radius 2 is 1.66 bits per heavy atom. The molecule has 0 unspecified atom stereocenters. The number of para-hydroxylation sites is 1. The van der Waals surface area contributed by atoms with Gasteiger partial charge < -0.3 is 10.2 Å². The Kier molecular flexibility index (Phi) is 7.28. The maximum atomic E-state index is 12.9. The predicted octanol–water partition coefficient (Wildman–Crippen LogP) is 3.12. The molecule has 0 bridgehead atoms. The monoisotopic (exact) mass is 415 g/mol. The van der Waals surface area contributed by atoms with Crippen LogP contribution in [0.5, 0.6) is 0 Å². The smallest absolute Gasteiger partial charge is 0.264 e. The zero-order valence-electron chi connectivity index (χ0n) is 16.9. The summed E-state index contributed by atoms with van der Waals surface area (Å²) in [7, 11) is -2.26. The molecule has 2 aromatic rings. The van der Waals surface area contributed by atoms with Gasteiger partial charge in [-0.2, -0.15) is 0 Å². The minimum absolute atomic E-state index is 0.194. The third kappa shape index (κ3) is 5.36. The van der Waals surface area contributed by atoms with Gasteiger partial charge in [0.15, 0.2) is 0 Å². The van der Waals surface area contributed by atoms with E-state index in [9.17, 15) is 13.2 Å². The number of anilines is 1. The fourth-order valence-corrected chi connectivity index (χ4v) is 4.84. The van der Waals surface area contributed by atoms with Gasteiger partial charge in [-0.3, -0.25) is 9.10 Å². The van der Waals surface area contributed by atoms with Crippen LogP contribution >= 0.6 is 0 Å². The van der Waals surface area contributed by atoms with E-state index in [0.717, 1.165) is 26.1 Å². The lowest BCUT2D eigenvalue weighted by Gasteiger charge is -2.26. The number of nitrogens with one attached hydrogen (secondary N) is 1. The molecular weight excluding hydrogens is 386 g/mol. The van der Waals surface area contributed by atoms with E-state index in [1.165, 1.54) is 30.6 Å². The summed E-state index contributed by atoms with van der Waals surface area (Å²) >= 11 is 0. The standard InChI is InChI=1S/C22H29N3O3S/c1-24(29(27,28)19-11-4-2-5-12-19)21-14-7-6-13-20(21)22(26)23-15-10-18-25-16-8-3-9-17-25/h2,4-7,11-14H,3,8-10,15-18H2,1H3,(H,23,26). The molecule has 0 spiro atoms. The highest BCUT2D eigenvalue weighted by molar-refractivity contribution is 7.92. The van der Waals surface area contributed by atoms with E-state index in [0.29, 0.717) is 17.8 Å². The summed E-state index contributed by atoms with van der Waals surface area (Å²) in [5.41, 5.74) is 0.720. The van der Waals surface area contributed by atoms with E-state index in [2.05, 4.69) is 10.2 Å². The molecule has 1 aliphatic rings. The average molecular weight is 416 g/mol. The number of rotatable bonds is 8. The van der Waals surface area contributed by atoms with Gasteiger partial charge in [-0.15, -0.1) is 0 Å². The first-order valence-corrected chi connectivity index (χ1v) is 11.6. The number of hydrogen-bond donors (Lipinski definition) is 1. The molecule has 0 atom stereocenters. The van der Waals surface area contributed by atoms with E-state index >= 15 is 0 Å². The van der Waals surface area contributed by atoms with Gasteiger partial charge in [-0.25, -0.2) is 8.42 Å². The van der Waals surface area contributed by atoms with Crippen molar-refractivity contribution in [2.45, 2.75) is 30.6 Å². The molecule has 3 rings (SSSR count). The third-order valence-corrected chi connectivity index (χ3v) is 7.06. The molecule has 0 aliphatic carbocycles. The molecule has 6 nitrogen and oxygen atoms in total. The normalized spacial score (nSPS) is 15.1. The topological polar surface area (TPSA) is 69.7 Å². The summed E-state index contributed by atoms with van der Waals surface area (Å²) < 4.78 is 27.0. The molecule has 0 saturated carbocycles. The molecule has 1 saturated heterocycles. The van der Waals surface area contributed by atoms with Gasteiger partial charge >= 0.3 is 0 Å². The zero-order chi connectivity index (χ0) is 20.7. The Labute approximate surface area is 173 Å². The summed E-state index contributed by atoms with van der Waals surface area (Å²) in [4.78, 5) is 15.4. The Morgan fingerprint density at radius 3 is 2.38 bits per heavy atom. The van der Waals surface area contributed by atoms with Crippen molar-refractivity contribution in [3.63, 3.8) is 0 Å². The number of benzene rings is 2. The minimum atomic E-state index is -3.74. The lowest BCUT2D eigenvalue weighted by molar-refractivity contribution is 0.0952. The van der Waals surface area contributed by atoms with Gasteiger partial charge in [0.1, 0.15) is 0 Å². The Balaban J connectivity index is 1.65. The fraction of sp³-hybridized carbons (Fsp3) is 0.409. The van der Waals surface area contributed by atoms with Gasteiger partial charge in [0, 0.05) is 13.6 Å². The first-order chi connectivity index (χ1) is 14.0. The molecular formula is C22H29N3O3S. The van der Waals surface area contributed by atoms with Crippen molar-refractivity contribution in [2.24, 2.45) is 0 Å². The number of hydrogen-bond acceptors (Lipinski definition) is 4. The Morgan fingerprint density at radius 1 is 1.00 bits per heavy atom. The number of likely N-dealkylation sites (tertiary alicyclic amines) is 1. The van der Waals surface area contributed by atoms with Crippen LogP contribution in [-0.2, 0) is 10.0 Å². The van der Waals surface area contributed by atoms with Crippen LogP contribution in [-0.4, -0.2) is 52.5 Å². The number of nitrogens with zero attached hydrogens (tertiary/aromatic N) is 2. The number of amides is 1. The lowest BCUT2D eigenvalue weighted by Crippen LogP contribution is -2.34. The van der Waals surface area contributed by atoms with Crippen LogP contribution in [0.1, 0.15) is 36.0 Å². The number of carbonyl (C=O) groups excluding carboxylic acids is 1. The van der Waals surface area contributed by atoms with Gasteiger partial charge in [0.25, 0.3) is 15.9 Å². The Bertz CT molecular complexity index is 910. The second-order valence-corrected chi connectivity index (χ2v) is 9.28. The van der Waals surface area contributed by atoms with E-state index in [1.807, 2.05) is 0 Å². The molecule has 0 radical (unpaired) electrons. The highest BCUT2D eigenvalue weighted by Gasteiger charge is 2.24. The van der Waals surface area contributed by atoms with Gasteiger partial charge in [0.05, 0.1) is 16.1 Å². The molecule has 7 heteroatoms. The summed E-state index contributed by atoms with van der Waals surface area (Å²) in [6, 6.07) is 15.0. The van der Waals surface area contributed by atoms with Crippen molar-refractivity contribution >= 4 is 21.6 Å². The lowest BCUT2D eigenvalue weighted by atomic mass is 10.1. The number of sulfonamides is 1. The maximum absolute atomic E-state index is 12.9. The maximum Gasteiger partial charge on any atom is 0.264 e. The summed E-state index contributed by atoms with van der Waals surface area (Å²) in [5.74, 6) is -0.255. The minimum Gasteiger partial charge on any atom is -0.352 e. The molecule has 1 heterocycles.